The molecular weight excluding hydrogens is 388 g/mol. The minimum atomic E-state index is -1.09. The standard InChI is InChI=1S/C27H34O4/c1-17-19-11-14-30-22(19)16-21-20(17)15-23(31-24(28)18-9-6-5-7-10-18)27(29)25(2,3)12-8-13-26(21,27)4/h5-7,9-11,14,17,20-21,23,29H,8,12-13,15-16H2,1-4H3. The van der Waals surface area contributed by atoms with Gasteiger partial charge in [0.05, 0.1) is 11.8 Å². The molecular formula is C27H34O4. The Morgan fingerprint density at radius 1 is 1.13 bits per heavy atom. The molecule has 2 saturated carbocycles. The smallest absolute Gasteiger partial charge is 0.338 e. The molecule has 0 bridgehead atoms. The Labute approximate surface area is 185 Å². The predicted octanol–water partition coefficient (Wildman–Crippen LogP) is 5.75. The van der Waals surface area contributed by atoms with Crippen LogP contribution in [-0.4, -0.2) is 22.8 Å². The van der Waals surface area contributed by atoms with E-state index in [-0.39, 0.29) is 16.8 Å². The predicted molar refractivity (Wildman–Crippen MR) is 119 cm³/mol. The van der Waals surface area contributed by atoms with Crippen molar-refractivity contribution in [3.05, 3.63) is 59.5 Å². The highest BCUT2D eigenvalue weighted by Gasteiger charge is 2.70. The third-order valence-corrected chi connectivity index (χ3v) is 9.26. The van der Waals surface area contributed by atoms with Crippen molar-refractivity contribution in [2.75, 3.05) is 0 Å². The van der Waals surface area contributed by atoms with E-state index in [4.69, 9.17) is 9.15 Å². The van der Waals surface area contributed by atoms with Crippen LogP contribution in [0.5, 0.6) is 0 Å². The molecule has 1 aromatic carbocycles. The Balaban J connectivity index is 1.58. The molecule has 2 fully saturated rings. The molecule has 6 unspecified atom stereocenters. The topological polar surface area (TPSA) is 59.7 Å². The van der Waals surface area contributed by atoms with Gasteiger partial charge in [0.2, 0.25) is 0 Å². The number of ether oxygens (including phenoxy) is 1. The highest BCUT2D eigenvalue weighted by atomic mass is 16.6. The first kappa shape index (κ1) is 20.8. The number of carbonyl (C=O) groups excluding carboxylic acids is 1. The van der Waals surface area contributed by atoms with Gasteiger partial charge in [0.25, 0.3) is 0 Å². The van der Waals surface area contributed by atoms with E-state index in [1.165, 1.54) is 5.56 Å². The molecule has 5 rings (SSSR count). The Bertz CT molecular complexity index is 976. The van der Waals surface area contributed by atoms with Gasteiger partial charge in [-0.1, -0.05) is 52.3 Å². The number of furan rings is 1. The maximum atomic E-state index is 13.1. The summed E-state index contributed by atoms with van der Waals surface area (Å²) in [5.41, 5.74) is 0.0289. The van der Waals surface area contributed by atoms with Crippen molar-refractivity contribution in [3.8, 4) is 0 Å². The van der Waals surface area contributed by atoms with Crippen molar-refractivity contribution in [1.82, 2.24) is 0 Å². The van der Waals surface area contributed by atoms with Crippen molar-refractivity contribution in [2.45, 2.75) is 77.4 Å². The summed E-state index contributed by atoms with van der Waals surface area (Å²) in [6.07, 6.45) is 5.75. The lowest BCUT2D eigenvalue weighted by molar-refractivity contribution is -0.285. The van der Waals surface area contributed by atoms with Gasteiger partial charge in [0.15, 0.2) is 0 Å². The number of hydrogen-bond acceptors (Lipinski definition) is 4. The van der Waals surface area contributed by atoms with Gasteiger partial charge in [0.1, 0.15) is 17.5 Å². The van der Waals surface area contributed by atoms with Gasteiger partial charge in [-0.2, -0.15) is 0 Å². The molecule has 1 heterocycles. The highest BCUT2D eigenvalue weighted by molar-refractivity contribution is 5.89. The van der Waals surface area contributed by atoms with Gasteiger partial charge in [-0.25, -0.2) is 4.79 Å². The molecule has 2 aromatic rings. The first-order chi connectivity index (χ1) is 14.7. The van der Waals surface area contributed by atoms with E-state index in [0.717, 1.165) is 31.4 Å². The fourth-order valence-electron chi connectivity index (χ4n) is 7.56. The first-order valence-corrected chi connectivity index (χ1v) is 11.7. The lowest BCUT2D eigenvalue weighted by atomic mass is 9.40. The third kappa shape index (κ3) is 2.80. The molecule has 31 heavy (non-hydrogen) atoms. The summed E-state index contributed by atoms with van der Waals surface area (Å²) in [7, 11) is 0. The second-order valence-corrected chi connectivity index (χ2v) is 11.0. The molecule has 0 aliphatic heterocycles. The number of esters is 1. The normalized spacial score (nSPS) is 38.5. The van der Waals surface area contributed by atoms with Crippen LogP contribution in [-0.2, 0) is 11.2 Å². The van der Waals surface area contributed by atoms with E-state index >= 15 is 0 Å². The SMILES string of the molecule is CC1c2ccoc2CC2C1CC(OC(=O)c1ccccc1)C1(O)C(C)(C)CCCC21C. The largest absolute Gasteiger partial charge is 0.469 e. The monoisotopic (exact) mass is 422 g/mol. The molecule has 4 heteroatoms. The molecule has 3 aliphatic carbocycles. The minimum Gasteiger partial charge on any atom is -0.469 e. The Morgan fingerprint density at radius 3 is 2.61 bits per heavy atom. The van der Waals surface area contributed by atoms with Crippen LogP contribution in [0, 0.1) is 22.7 Å². The lowest BCUT2D eigenvalue weighted by Crippen LogP contribution is -2.72. The molecule has 1 aromatic heterocycles. The van der Waals surface area contributed by atoms with Gasteiger partial charge in [0, 0.05) is 11.8 Å². The second-order valence-electron chi connectivity index (χ2n) is 11.0. The van der Waals surface area contributed by atoms with Crippen LogP contribution in [0.25, 0.3) is 0 Å². The van der Waals surface area contributed by atoms with E-state index in [1.54, 1.807) is 18.4 Å². The summed E-state index contributed by atoms with van der Waals surface area (Å²) in [6, 6.07) is 11.2. The summed E-state index contributed by atoms with van der Waals surface area (Å²) < 4.78 is 12.1. The summed E-state index contributed by atoms with van der Waals surface area (Å²) in [5, 5.41) is 12.5. The van der Waals surface area contributed by atoms with Gasteiger partial charge in [-0.15, -0.1) is 0 Å². The number of rotatable bonds is 2. The van der Waals surface area contributed by atoms with Crippen LogP contribution in [0.15, 0.2) is 47.1 Å². The quantitative estimate of drug-likeness (QED) is 0.626. The van der Waals surface area contributed by atoms with E-state index in [9.17, 15) is 9.90 Å². The molecule has 6 atom stereocenters. The molecule has 0 spiro atoms. The van der Waals surface area contributed by atoms with Gasteiger partial charge < -0.3 is 14.3 Å². The average molecular weight is 423 g/mol. The molecule has 0 amide bonds. The summed E-state index contributed by atoms with van der Waals surface area (Å²) in [4.78, 5) is 13.1. The second kappa shape index (κ2) is 6.96. The lowest BCUT2D eigenvalue weighted by Gasteiger charge is -2.67. The zero-order valence-corrected chi connectivity index (χ0v) is 19.1. The molecule has 166 valence electrons. The van der Waals surface area contributed by atoms with E-state index in [1.807, 2.05) is 18.2 Å². The zero-order valence-electron chi connectivity index (χ0n) is 19.1. The Morgan fingerprint density at radius 2 is 1.87 bits per heavy atom. The zero-order chi connectivity index (χ0) is 22.0. The summed E-state index contributed by atoms with van der Waals surface area (Å²) >= 11 is 0. The maximum absolute atomic E-state index is 13.1. The van der Waals surface area contributed by atoms with Crippen molar-refractivity contribution in [1.29, 1.82) is 0 Å². The van der Waals surface area contributed by atoms with Gasteiger partial charge in [-0.3, -0.25) is 0 Å². The minimum absolute atomic E-state index is 0.303. The Kier molecular flexibility index (Phi) is 4.68. The van der Waals surface area contributed by atoms with Crippen LogP contribution in [0.1, 0.15) is 81.0 Å². The Hall–Kier alpha value is -2.07. The molecule has 1 N–H and O–H groups in total. The highest BCUT2D eigenvalue weighted by Crippen LogP contribution is 2.67. The van der Waals surface area contributed by atoms with E-state index in [2.05, 4.69) is 33.8 Å². The van der Waals surface area contributed by atoms with Crippen LogP contribution >= 0.6 is 0 Å². The van der Waals surface area contributed by atoms with Crippen molar-refractivity contribution >= 4 is 5.97 Å². The van der Waals surface area contributed by atoms with E-state index < -0.39 is 11.7 Å². The average Bonchev–Trinajstić information content (AvgIpc) is 3.21. The van der Waals surface area contributed by atoms with Crippen molar-refractivity contribution in [3.63, 3.8) is 0 Å². The number of aliphatic hydroxyl groups is 1. The van der Waals surface area contributed by atoms with Crippen LogP contribution < -0.4 is 0 Å². The number of fused-ring (bicyclic) bond motifs is 4. The maximum Gasteiger partial charge on any atom is 0.338 e. The molecule has 0 radical (unpaired) electrons. The molecule has 0 saturated heterocycles. The van der Waals surface area contributed by atoms with Crippen molar-refractivity contribution in [2.24, 2.45) is 22.7 Å². The van der Waals surface area contributed by atoms with Crippen molar-refractivity contribution < 1.29 is 19.1 Å². The summed E-state index contributed by atoms with van der Waals surface area (Å²) in [5.74, 6) is 1.70. The van der Waals surface area contributed by atoms with Crippen LogP contribution in [0.4, 0.5) is 0 Å². The fourth-order valence-corrected chi connectivity index (χ4v) is 7.56. The molecule has 4 nitrogen and oxygen atoms in total. The van der Waals surface area contributed by atoms with Gasteiger partial charge >= 0.3 is 5.97 Å². The molecule has 3 aliphatic rings. The van der Waals surface area contributed by atoms with Crippen LogP contribution in [0.3, 0.4) is 0 Å². The number of benzene rings is 1. The first-order valence-electron chi connectivity index (χ1n) is 11.7. The van der Waals surface area contributed by atoms with Gasteiger partial charge in [-0.05, 0) is 66.2 Å². The van der Waals surface area contributed by atoms with Crippen LogP contribution in [0.2, 0.25) is 0 Å². The fraction of sp³-hybridized carbons (Fsp3) is 0.593. The number of hydrogen-bond donors (Lipinski definition) is 1. The summed E-state index contributed by atoms with van der Waals surface area (Å²) in [6.45, 7) is 8.81. The van der Waals surface area contributed by atoms with E-state index in [0.29, 0.717) is 29.7 Å². The third-order valence-electron chi connectivity index (χ3n) is 9.26. The number of carbonyl (C=O) groups is 1.